The number of esters is 1. The summed E-state index contributed by atoms with van der Waals surface area (Å²) < 4.78 is 4.82. The van der Waals surface area contributed by atoms with Gasteiger partial charge in [0.2, 0.25) is 0 Å². The first-order chi connectivity index (χ1) is 5.22. The maximum absolute atomic E-state index is 11.0. The van der Waals surface area contributed by atoms with Crippen LogP contribution in [0.1, 0.15) is 26.7 Å². The summed E-state index contributed by atoms with van der Waals surface area (Å²) in [5, 5.41) is 0. The Kier molecular flexibility index (Phi) is 5.84. The highest BCUT2D eigenvalue weighted by molar-refractivity contribution is 5.71. The number of carbonyl (C=O) groups is 1. The van der Waals surface area contributed by atoms with Crippen LogP contribution in [-0.4, -0.2) is 19.1 Å². The lowest BCUT2D eigenvalue weighted by Crippen LogP contribution is -2.15. The number of hydrogen-bond donors (Lipinski definition) is 1. The SMILES string of the molecule is CCOC(=O)C(C)CCCN. The van der Waals surface area contributed by atoms with Crippen LogP contribution in [0.15, 0.2) is 0 Å². The van der Waals surface area contributed by atoms with Crippen LogP contribution in [0.5, 0.6) is 0 Å². The summed E-state index contributed by atoms with van der Waals surface area (Å²) in [5.74, 6) is -0.112. The molecule has 0 spiro atoms. The summed E-state index contributed by atoms with van der Waals surface area (Å²) in [6.07, 6.45) is 1.72. The van der Waals surface area contributed by atoms with Crippen LogP contribution in [0, 0.1) is 5.92 Å². The third-order valence-corrected chi connectivity index (χ3v) is 1.53. The second-order valence-corrected chi connectivity index (χ2v) is 2.58. The first-order valence-corrected chi connectivity index (χ1v) is 4.09. The van der Waals surface area contributed by atoms with E-state index in [2.05, 4.69) is 0 Å². The third kappa shape index (κ3) is 4.79. The first-order valence-electron chi connectivity index (χ1n) is 4.09. The molecule has 0 heterocycles. The zero-order valence-corrected chi connectivity index (χ0v) is 7.30. The monoisotopic (exact) mass is 159 g/mol. The van der Waals surface area contributed by atoms with Crippen LogP contribution in [0.4, 0.5) is 0 Å². The van der Waals surface area contributed by atoms with Gasteiger partial charge in [0.05, 0.1) is 12.5 Å². The van der Waals surface area contributed by atoms with Crippen molar-refractivity contribution >= 4 is 5.97 Å². The molecule has 11 heavy (non-hydrogen) atoms. The van der Waals surface area contributed by atoms with Gasteiger partial charge in [0.1, 0.15) is 0 Å². The van der Waals surface area contributed by atoms with E-state index in [1.807, 2.05) is 13.8 Å². The topological polar surface area (TPSA) is 52.3 Å². The van der Waals surface area contributed by atoms with Crippen molar-refractivity contribution in [2.45, 2.75) is 26.7 Å². The van der Waals surface area contributed by atoms with E-state index in [9.17, 15) is 4.79 Å². The van der Waals surface area contributed by atoms with Gasteiger partial charge in [-0.25, -0.2) is 0 Å². The highest BCUT2D eigenvalue weighted by Crippen LogP contribution is 2.06. The van der Waals surface area contributed by atoms with E-state index in [0.29, 0.717) is 13.2 Å². The number of ether oxygens (including phenoxy) is 1. The van der Waals surface area contributed by atoms with Crippen LogP contribution in [0.3, 0.4) is 0 Å². The fourth-order valence-electron chi connectivity index (χ4n) is 0.826. The number of hydrogen-bond acceptors (Lipinski definition) is 3. The van der Waals surface area contributed by atoms with Crippen LogP contribution in [0.2, 0.25) is 0 Å². The maximum atomic E-state index is 11.0. The molecule has 0 bridgehead atoms. The normalized spacial score (nSPS) is 12.6. The molecular weight excluding hydrogens is 142 g/mol. The Morgan fingerprint density at radius 1 is 1.64 bits per heavy atom. The van der Waals surface area contributed by atoms with Gasteiger partial charge in [-0.05, 0) is 26.3 Å². The molecule has 0 rings (SSSR count). The van der Waals surface area contributed by atoms with E-state index in [4.69, 9.17) is 10.5 Å². The Bertz CT molecular complexity index is 115. The van der Waals surface area contributed by atoms with Crippen molar-refractivity contribution in [3.05, 3.63) is 0 Å². The molecule has 0 fully saturated rings. The summed E-state index contributed by atoms with van der Waals surface area (Å²) in [7, 11) is 0. The van der Waals surface area contributed by atoms with Crippen molar-refractivity contribution in [2.75, 3.05) is 13.2 Å². The van der Waals surface area contributed by atoms with E-state index in [1.54, 1.807) is 0 Å². The molecule has 3 heteroatoms. The van der Waals surface area contributed by atoms with Crippen LogP contribution in [0.25, 0.3) is 0 Å². The van der Waals surface area contributed by atoms with Crippen molar-refractivity contribution in [2.24, 2.45) is 11.7 Å². The van der Waals surface area contributed by atoms with Gasteiger partial charge in [-0.3, -0.25) is 4.79 Å². The summed E-state index contributed by atoms with van der Waals surface area (Å²) in [6.45, 7) is 4.79. The third-order valence-electron chi connectivity index (χ3n) is 1.53. The van der Waals surface area contributed by atoms with Crippen molar-refractivity contribution in [1.29, 1.82) is 0 Å². The molecule has 0 radical (unpaired) electrons. The average molecular weight is 159 g/mol. The molecule has 1 unspecified atom stereocenters. The van der Waals surface area contributed by atoms with E-state index in [0.717, 1.165) is 12.8 Å². The minimum atomic E-state index is -0.110. The fourth-order valence-corrected chi connectivity index (χ4v) is 0.826. The summed E-state index contributed by atoms with van der Waals surface area (Å²) in [5.41, 5.74) is 5.30. The van der Waals surface area contributed by atoms with Crippen molar-refractivity contribution in [1.82, 2.24) is 0 Å². The number of carbonyl (C=O) groups excluding carboxylic acids is 1. The Labute approximate surface area is 67.9 Å². The van der Waals surface area contributed by atoms with Gasteiger partial charge in [-0.2, -0.15) is 0 Å². The van der Waals surface area contributed by atoms with E-state index in [1.165, 1.54) is 0 Å². The zero-order chi connectivity index (χ0) is 8.69. The lowest BCUT2D eigenvalue weighted by molar-refractivity contribution is -0.147. The van der Waals surface area contributed by atoms with Gasteiger partial charge in [-0.15, -0.1) is 0 Å². The molecular formula is C8H17NO2. The lowest BCUT2D eigenvalue weighted by Gasteiger charge is -2.08. The average Bonchev–Trinajstić information content (AvgIpc) is 2.00. The largest absolute Gasteiger partial charge is 0.466 e. The minimum absolute atomic E-state index is 0.00139. The Morgan fingerprint density at radius 2 is 2.27 bits per heavy atom. The molecule has 0 aromatic carbocycles. The summed E-state index contributed by atoms with van der Waals surface area (Å²) >= 11 is 0. The van der Waals surface area contributed by atoms with E-state index >= 15 is 0 Å². The minimum Gasteiger partial charge on any atom is -0.466 e. The molecule has 3 nitrogen and oxygen atoms in total. The molecule has 0 saturated carbocycles. The predicted molar refractivity (Wildman–Crippen MR) is 44.1 cm³/mol. The molecule has 2 N–H and O–H groups in total. The maximum Gasteiger partial charge on any atom is 0.308 e. The highest BCUT2D eigenvalue weighted by atomic mass is 16.5. The molecule has 0 saturated heterocycles. The second-order valence-electron chi connectivity index (χ2n) is 2.58. The molecule has 0 aliphatic rings. The Balaban J connectivity index is 3.46. The van der Waals surface area contributed by atoms with E-state index in [-0.39, 0.29) is 11.9 Å². The zero-order valence-electron chi connectivity index (χ0n) is 7.30. The van der Waals surface area contributed by atoms with Gasteiger partial charge >= 0.3 is 5.97 Å². The smallest absolute Gasteiger partial charge is 0.308 e. The van der Waals surface area contributed by atoms with Gasteiger partial charge in [0, 0.05) is 0 Å². The Morgan fingerprint density at radius 3 is 2.73 bits per heavy atom. The predicted octanol–water partition coefficient (Wildman–Crippen LogP) is 0.924. The van der Waals surface area contributed by atoms with Crippen molar-refractivity contribution in [3.63, 3.8) is 0 Å². The highest BCUT2D eigenvalue weighted by Gasteiger charge is 2.12. The van der Waals surface area contributed by atoms with Gasteiger partial charge in [0.25, 0.3) is 0 Å². The lowest BCUT2D eigenvalue weighted by atomic mass is 10.1. The molecule has 0 aliphatic heterocycles. The molecule has 0 amide bonds. The van der Waals surface area contributed by atoms with Gasteiger partial charge in [0.15, 0.2) is 0 Å². The molecule has 66 valence electrons. The standard InChI is InChI=1S/C8H17NO2/c1-3-11-8(10)7(2)5-4-6-9/h7H,3-6,9H2,1-2H3. The number of rotatable bonds is 5. The van der Waals surface area contributed by atoms with Crippen molar-refractivity contribution in [3.8, 4) is 0 Å². The molecule has 0 aliphatic carbocycles. The van der Waals surface area contributed by atoms with Crippen LogP contribution in [-0.2, 0) is 9.53 Å². The van der Waals surface area contributed by atoms with Crippen LogP contribution < -0.4 is 5.73 Å². The van der Waals surface area contributed by atoms with Crippen molar-refractivity contribution < 1.29 is 9.53 Å². The second kappa shape index (κ2) is 6.16. The quantitative estimate of drug-likeness (QED) is 0.607. The van der Waals surface area contributed by atoms with E-state index < -0.39 is 0 Å². The van der Waals surface area contributed by atoms with Crippen LogP contribution >= 0.6 is 0 Å². The fraction of sp³-hybridized carbons (Fsp3) is 0.875. The van der Waals surface area contributed by atoms with Gasteiger partial charge in [-0.1, -0.05) is 6.92 Å². The van der Waals surface area contributed by atoms with Gasteiger partial charge < -0.3 is 10.5 Å². The molecule has 1 atom stereocenters. The first kappa shape index (κ1) is 10.4. The molecule has 0 aromatic heterocycles. The summed E-state index contributed by atoms with van der Waals surface area (Å²) in [6, 6.07) is 0. The molecule has 0 aromatic rings. The summed E-state index contributed by atoms with van der Waals surface area (Å²) in [4.78, 5) is 11.0. The Hall–Kier alpha value is -0.570. The number of nitrogens with two attached hydrogens (primary N) is 1.